The SMILES string of the molecule is CCC(=O)NCCOCCOCC(=O)C[C@@H](CCC(=O)NCCOCCOCC(=O)C[C@@H](CCC(C)=O)C(=O)O)C(=O)O. The molecule has 0 unspecified atom stereocenters. The van der Waals surface area contributed by atoms with Gasteiger partial charge in [0.2, 0.25) is 11.8 Å². The maximum absolute atomic E-state index is 12.1. The molecule has 0 aliphatic carbocycles. The number of amides is 2. The Morgan fingerprint density at radius 3 is 1.44 bits per heavy atom. The monoisotopic (exact) mass is 618 g/mol. The fourth-order valence-electron chi connectivity index (χ4n) is 3.53. The van der Waals surface area contributed by atoms with Gasteiger partial charge in [-0.15, -0.1) is 0 Å². The first-order chi connectivity index (χ1) is 20.5. The lowest BCUT2D eigenvalue weighted by atomic mass is 9.96. The van der Waals surface area contributed by atoms with E-state index in [-0.39, 0.29) is 103 Å². The summed E-state index contributed by atoms with van der Waals surface area (Å²) in [4.78, 5) is 80.8. The number of ketones is 3. The smallest absolute Gasteiger partial charge is 0.306 e. The molecular weight excluding hydrogens is 572 g/mol. The van der Waals surface area contributed by atoms with Crippen molar-refractivity contribution in [1.29, 1.82) is 0 Å². The zero-order valence-electron chi connectivity index (χ0n) is 25.1. The molecule has 0 radical (unpaired) electrons. The number of carbonyl (C=O) groups excluding carboxylic acids is 5. The van der Waals surface area contributed by atoms with E-state index in [1.165, 1.54) is 6.92 Å². The van der Waals surface area contributed by atoms with Crippen LogP contribution in [-0.4, -0.2) is 117 Å². The van der Waals surface area contributed by atoms with E-state index in [1.54, 1.807) is 6.92 Å². The Kier molecular flexibility index (Phi) is 23.3. The maximum atomic E-state index is 12.1. The van der Waals surface area contributed by atoms with E-state index in [4.69, 9.17) is 24.1 Å². The molecule has 43 heavy (non-hydrogen) atoms. The number of carboxylic acid groups (broad SMARTS) is 2. The molecule has 0 saturated carbocycles. The predicted molar refractivity (Wildman–Crippen MR) is 150 cm³/mol. The third kappa shape index (κ3) is 23.9. The first-order valence-electron chi connectivity index (χ1n) is 14.3. The lowest BCUT2D eigenvalue weighted by Gasteiger charge is -2.12. The number of hydrogen-bond donors (Lipinski definition) is 4. The highest BCUT2D eigenvalue weighted by Gasteiger charge is 2.23. The van der Waals surface area contributed by atoms with Crippen LogP contribution in [0.4, 0.5) is 0 Å². The minimum atomic E-state index is -1.19. The molecule has 0 bridgehead atoms. The van der Waals surface area contributed by atoms with Crippen molar-refractivity contribution in [3.05, 3.63) is 0 Å². The van der Waals surface area contributed by atoms with Crippen molar-refractivity contribution in [1.82, 2.24) is 10.6 Å². The van der Waals surface area contributed by atoms with Gasteiger partial charge in [0.05, 0.1) is 51.5 Å². The first kappa shape index (κ1) is 39.7. The third-order valence-electron chi connectivity index (χ3n) is 5.94. The molecule has 246 valence electrons. The molecule has 15 heteroatoms. The zero-order chi connectivity index (χ0) is 32.5. The van der Waals surface area contributed by atoms with E-state index >= 15 is 0 Å². The number of rotatable bonds is 29. The van der Waals surface area contributed by atoms with Gasteiger partial charge in [0.1, 0.15) is 19.0 Å². The van der Waals surface area contributed by atoms with Crippen molar-refractivity contribution in [2.45, 2.75) is 58.8 Å². The minimum Gasteiger partial charge on any atom is -0.481 e. The summed E-state index contributed by atoms with van der Waals surface area (Å²) in [5, 5.41) is 23.8. The van der Waals surface area contributed by atoms with Gasteiger partial charge in [-0.25, -0.2) is 0 Å². The topological polar surface area (TPSA) is 221 Å². The van der Waals surface area contributed by atoms with Crippen molar-refractivity contribution >= 4 is 41.1 Å². The molecule has 0 aliphatic heterocycles. The minimum absolute atomic E-state index is 0.0281. The molecule has 2 amide bonds. The van der Waals surface area contributed by atoms with Crippen LogP contribution in [0.25, 0.3) is 0 Å². The van der Waals surface area contributed by atoms with Crippen LogP contribution in [0.1, 0.15) is 58.8 Å². The van der Waals surface area contributed by atoms with Crippen LogP contribution in [0.3, 0.4) is 0 Å². The third-order valence-corrected chi connectivity index (χ3v) is 5.94. The molecule has 4 N–H and O–H groups in total. The molecule has 2 atom stereocenters. The van der Waals surface area contributed by atoms with Crippen LogP contribution in [0, 0.1) is 11.8 Å². The summed E-state index contributed by atoms with van der Waals surface area (Å²) in [7, 11) is 0. The lowest BCUT2D eigenvalue weighted by Crippen LogP contribution is -2.29. The Morgan fingerprint density at radius 2 is 1.02 bits per heavy atom. The van der Waals surface area contributed by atoms with Crippen LogP contribution >= 0.6 is 0 Å². The fourth-order valence-corrected chi connectivity index (χ4v) is 3.53. The van der Waals surface area contributed by atoms with E-state index < -0.39 is 41.2 Å². The highest BCUT2D eigenvalue weighted by atomic mass is 16.5. The van der Waals surface area contributed by atoms with Gasteiger partial charge in [-0.3, -0.25) is 28.8 Å². The first-order valence-corrected chi connectivity index (χ1v) is 14.3. The van der Waals surface area contributed by atoms with E-state index in [1.807, 2.05) is 0 Å². The van der Waals surface area contributed by atoms with Crippen molar-refractivity contribution < 1.29 is 62.7 Å². The van der Waals surface area contributed by atoms with E-state index in [9.17, 15) is 38.7 Å². The Hall–Kier alpha value is -3.27. The Balaban J connectivity index is 3.93. The average molecular weight is 619 g/mol. The van der Waals surface area contributed by atoms with E-state index in [0.717, 1.165) is 0 Å². The number of Topliss-reactive ketones (excluding diaryl/α,β-unsaturated/α-hetero) is 3. The number of aliphatic carboxylic acids is 2. The average Bonchev–Trinajstić information content (AvgIpc) is 2.95. The number of hydrogen-bond acceptors (Lipinski definition) is 11. The van der Waals surface area contributed by atoms with Gasteiger partial charge < -0.3 is 44.6 Å². The molecule has 0 rings (SSSR count). The van der Waals surface area contributed by atoms with Crippen molar-refractivity contribution in [3.8, 4) is 0 Å². The highest BCUT2D eigenvalue weighted by Crippen LogP contribution is 2.14. The summed E-state index contributed by atoms with van der Waals surface area (Å²) in [6.45, 7) is 4.08. The van der Waals surface area contributed by atoms with Crippen LogP contribution in [-0.2, 0) is 52.5 Å². The Labute approximate surface area is 251 Å². The lowest BCUT2D eigenvalue weighted by molar-refractivity contribution is -0.145. The van der Waals surface area contributed by atoms with Crippen molar-refractivity contribution in [3.63, 3.8) is 0 Å². The standard InChI is InChI=1S/C28H46N2O13/c1-3-25(34)29-8-10-40-12-14-43-19-24(33)17-22(28(38)39)6-7-26(35)30-9-11-41-13-15-42-18-23(32)16-21(27(36)37)5-4-20(2)31/h21-22H,3-19H2,1-2H3,(H,29,34)(H,30,35)(H,36,37)(H,38,39)/t21-,22-/m1/s1. The number of ether oxygens (including phenoxy) is 4. The Bertz CT molecular complexity index is 894. The molecule has 0 aliphatic rings. The second kappa shape index (κ2) is 25.2. The quantitative estimate of drug-likeness (QED) is 0.0822. The van der Waals surface area contributed by atoms with Crippen LogP contribution in [0.15, 0.2) is 0 Å². The predicted octanol–water partition coefficient (Wildman–Crippen LogP) is 0.165. The van der Waals surface area contributed by atoms with Gasteiger partial charge in [-0.05, 0) is 19.8 Å². The Morgan fingerprint density at radius 1 is 0.605 bits per heavy atom. The summed E-state index contributed by atoms with van der Waals surface area (Å²) in [6, 6.07) is 0. The number of carbonyl (C=O) groups is 7. The van der Waals surface area contributed by atoms with Crippen LogP contribution in [0.2, 0.25) is 0 Å². The normalized spacial score (nSPS) is 12.2. The number of nitrogens with one attached hydrogen (secondary N) is 2. The second-order valence-electron chi connectivity index (χ2n) is 9.72. The largest absolute Gasteiger partial charge is 0.481 e. The van der Waals surface area contributed by atoms with Gasteiger partial charge in [0.15, 0.2) is 11.6 Å². The summed E-state index contributed by atoms with van der Waals surface area (Å²) >= 11 is 0. The van der Waals surface area contributed by atoms with Crippen molar-refractivity contribution in [2.24, 2.45) is 11.8 Å². The molecule has 0 spiro atoms. The van der Waals surface area contributed by atoms with E-state index in [2.05, 4.69) is 10.6 Å². The van der Waals surface area contributed by atoms with Gasteiger partial charge in [-0.1, -0.05) is 6.92 Å². The fraction of sp³-hybridized carbons (Fsp3) is 0.750. The van der Waals surface area contributed by atoms with Gasteiger partial charge >= 0.3 is 11.9 Å². The second-order valence-corrected chi connectivity index (χ2v) is 9.72. The summed E-state index contributed by atoms with van der Waals surface area (Å²) in [5.74, 6) is -5.71. The molecule has 0 fully saturated rings. The molecule has 0 saturated heterocycles. The van der Waals surface area contributed by atoms with Crippen LogP contribution in [0.5, 0.6) is 0 Å². The summed E-state index contributed by atoms with van der Waals surface area (Å²) in [6.07, 6.45) is -0.0452. The molecule has 0 heterocycles. The maximum Gasteiger partial charge on any atom is 0.306 e. The molecule has 15 nitrogen and oxygen atoms in total. The van der Waals surface area contributed by atoms with E-state index in [0.29, 0.717) is 19.6 Å². The summed E-state index contributed by atoms with van der Waals surface area (Å²) < 4.78 is 20.9. The molecule has 0 aromatic rings. The van der Waals surface area contributed by atoms with Crippen molar-refractivity contribution in [2.75, 3.05) is 65.9 Å². The van der Waals surface area contributed by atoms with Gasteiger partial charge in [-0.2, -0.15) is 0 Å². The highest BCUT2D eigenvalue weighted by molar-refractivity contribution is 5.86. The van der Waals surface area contributed by atoms with Gasteiger partial charge in [0.25, 0.3) is 0 Å². The van der Waals surface area contributed by atoms with Gasteiger partial charge in [0, 0.05) is 45.2 Å². The summed E-state index contributed by atoms with van der Waals surface area (Å²) in [5.41, 5.74) is 0. The molecular formula is C28H46N2O13. The number of carboxylic acids is 2. The molecule has 0 aromatic heterocycles. The zero-order valence-corrected chi connectivity index (χ0v) is 25.1. The molecule has 0 aromatic carbocycles. The van der Waals surface area contributed by atoms with Crippen LogP contribution < -0.4 is 10.6 Å².